The lowest BCUT2D eigenvalue weighted by Crippen LogP contribution is -2.08. The van der Waals surface area contributed by atoms with Crippen LogP contribution in [0.5, 0.6) is 0 Å². The molecule has 0 spiro atoms. The van der Waals surface area contributed by atoms with Gasteiger partial charge >= 0.3 is 6.18 Å². The summed E-state index contributed by atoms with van der Waals surface area (Å²) in [6.45, 7) is 7.83. The summed E-state index contributed by atoms with van der Waals surface area (Å²) < 4.78 is 49.1. The molecule has 0 bridgehead atoms. The number of aromatic nitrogens is 1. The van der Waals surface area contributed by atoms with Crippen LogP contribution in [0.1, 0.15) is 80.1 Å². The number of aryl methyl sites for hydroxylation is 2. The van der Waals surface area contributed by atoms with E-state index in [0.29, 0.717) is 0 Å². The fourth-order valence-electron chi connectivity index (χ4n) is 3.29. The highest BCUT2D eigenvalue weighted by Crippen LogP contribution is 2.27. The number of hydrogen-bond acceptors (Lipinski definition) is 2. The van der Waals surface area contributed by atoms with Crippen molar-refractivity contribution in [3.05, 3.63) is 64.7 Å². The van der Waals surface area contributed by atoms with Crippen LogP contribution in [0.15, 0.2) is 36.5 Å². The highest BCUT2D eigenvalue weighted by Gasteiger charge is 2.32. The number of carbonyl (C=O) groups excluding carboxylic acids is 1. The van der Waals surface area contributed by atoms with Gasteiger partial charge in [0.15, 0.2) is 5.78 Å². The Bertz CT molecular complexity index is 779. The first kappa shape index (κ1) is 25.8. The van der Waals surface area contributed by atoms with Gasteiger partial charge in [-0.1, -0.05) is 45.6 Å². The second kappa shape index (κ2) is 12.5. The zero-order valence-corrected chi connectivity index (χ0v) is 18.2. The molecule has 0 fully saturated rings. The van der Waals surface area contributed by atoms with Crippen molar-refractivity contribution in [1.29, 1.82) is 0 Å². The second-order valence-corrected chi connectivity index (χ2v) is 7.54. The monoisotopic (exact) mass is 425 g/mol. The van der Waals surface area contributed by atoms with Gasteiger partial charge in [0.05, 0.1) is 0 Å². The largest absolute Gasteiger partial charge is 0.433 e. The SMILES string of the molecule is CC(=O)c1ccc(C(F)(F)F)nc1.CCCC(CCC)CCc1cc(F)ccc1C. The van der Waals surface area contributed by atoms with Crippen LogP contribution in [0.25, 0.3) is 0 Å². The molecule has 0 aliphatic rings. The van der Waals surface area contributed by atoms with E-state index in [1.165, 1.54) is 50.2 Å². The van der Waals surface area contributed by atoms with Gasteiger partial charge in [-0.2, -0.15) is 13.2 Å². The number of alkyl halides is 3. The van der Waals surface area contributed by atoms with Gasteiger partial charge in [-0.15, -0.1) is 0 Å². The molecule has 0 radical (unpaired) electrons. The molecule has 0 amide bonds. The quantitative estimate of drug-likeness (QED) is 0.322. The summed E-state index contributed by atoms with van der Waals surface area (Å²) >= 11 is 0. The van der Waals surface area contributed by atoms with Crippen LogP contribution in [0.2, 0.25) is 0 Å². The van der Waals surface area contributed by atoms with Crippen molar-refractivity contribution in [3.8, 4) is 0 Å². The van der Waals surface area contributed by atoms with Crippen LogP contribution in [0, 0.1) is 18.7 Å². The van der Waals surface area contributed by atoms with Gasteiger partial charge in [-0.25, -0.2) is 4.39 Å². The molecule has 0 saturated heterocycles. The lowest BCUT2D eigenvalue weighted by molar-refractivity contribution is -0.141. The van der Waals surface area contributed by atoms with Gasteiger partial charge in [0.1, 0.15) is 11.5 Å². The summed E-state index contributed by atoms with van der Waals surface area (Å²) in [5.74, 6) is 0.405. The van der Waals surface area contributed by atoms with Crippen molar-refractivity contribution in [2.75, 3.05) is 0 Å². The normalized spacial score (nSPS) is 11.2. The highest BCUT2D eigenvalue weighted by atomic mass is 19.4. The Morgan fingerprint density at radius 3 is 2.13 bits per heavy atom. The number of halogens is 4. The molecule has 0 unspecified atom stereocenters. The van der Waals surface area contributed by atoms with Gasteiger partial charge < -0.3 is 0 Å². The number of benzene rings is 1. The molecule has 2 aromatic rings. The van der Waals surface area contributed by atoms with E-state index in [2.05, 4.69) is 25.8 Å². The van der Waals surface area contributed by atoms with Gasteiger partial charge in [-0.05, 0) is 68.0 Å². The van der Waals surface area contributed by atoms with E-state index in [0.717, 1.165) is 30.7 Å². The summed E-state index contributed by atoms with van der Waals surface area (Å²) in [5, 5.41) is 0. The number of hydrogen-bond donors (Lipinski definition) is 0. The smallest absolute Gasteiger partial charge is 0.294 e. The Kier molecular flexibility index (Phi) is 10.7. The number of nitrogens with zero attached hydrogens (tertiary/aromatic N) is 1. The lowest BCUT2D eigenvalue weighted by Gasteiger charge is -2.15. The highest BCUT2D eigenvalue weighted by molar-refractivity contribution is 5.93. The van der Waals surface area contributed by atoms with Crippen molar-refractivity contribution < 1.29 is 22.4 Å². The van der Waals surface area contributed by atoms with Crippen LogP contribution in [-0.4, -0.2) is 10.8 Å². The van der Waals surface area contributed by atoms with E-state index >= 15 is 0 Å². The topological polar surface area (TPSA) is 30.0 Å². The van der Waals surface area contributed by atoms with Crippen LogP contribution in [-0.2, 0) is 12.6 Å². The first-order valence-electron chi connectivity index (χ1n) is 10.4. The average Bonchev–Trinajstić information content (AvgIpc) is 2.69. The molecule has 166 valence electrons. The van der Waals surface area contributed by atoms with Crippen molar-refractivity contribution in [3.63, 3.8) is 0 Å². The predicted molar refractivity (Wildman–Crippen MR) is 112 cm³/mol. The number of Topliss-reactive ketones (excluding diaryl/α,β-unsaturated/α-hetero) is 1. The maximum absolute atomic E-state index is 13.2. The lowest BCUT2D eigenvalue weighted by atomic mass is 9.90. The van der Waals surface area contributed by atoms with Crippen molar-refractivity contribution >= 4 is 5.78 Å². The van der Waals surface area contributed by atoms with Crippen LogP contribution in [0.3, 0.4) is 0 Å². The second-order valence-electron chi connectivity index (χ2n) is 7.54. The Hall–Kier alpha value is -2.24. The van der Waals surface area contributed by atoms with Crippen LogP contribution in [0.4, 0.5) is 17.6 Å². The minimum atomic E-state index is -4.45. The molecule has 1 aromatic heterocycles. The number of carbonyl (C=O) groups is 1. The minimum absolute atomic E-state index is 0.104. The zero-order chi connectivity index (χ0) is 22.7. The molecule has 1 aromatic carbocycles. The summed E-state index contributed by atoms with van der Waals surface area (Å²) in [6, 6.07) is 7.03. The van der Waals surface area contributed by atoms with E-state index in [-0.39, 0.29) is 17.2 Å². The molecule has 1 heterocycles. The Labute approximate surface area is 176 Å². The third-order valence-electron chi connectivity index (χ3n) is 4.99. The molecular weight excluding hydrogens is 394 g/mol. The van der Waals surface area contributed by atoms with Gasteiger partial charge in [0, 0.05) is 11.8 Å². The number of pyridine rings is 1. The molecular formula is C24H31F4NO. The first-order valence-corrected chi connectivity index (χ1v) is 10.4. The zero-order valence-electron chi connectivity index (χ0n) is 18.2. The van der Waals surface area contributed by atoms with E-state index in [4.69, 9.17) is 0 Å². The van der Waals surface area contributed by atoms with E-state index in [1.807, 2.05) is 6.07 Å². The third kappa shape index (κ3) is 9.06. The molecule has 6 heteroatoms. The van der Waals surface area contributed by atoms with Crippen molar-refractivity contribution in [2.45, 2.75) is 72.4 Å². The van der Waals surface area contributed by atoms with Gasteiger partial charge in [-0.3, -0.25) is 9.78 Å². The minimum Gasteiger partial charge on any atom is -0.294 e. The average molecular weight is 426 g/mol. The molecule has 2 rings (SSSR count). The number of ketones is 1. The van der Waals surface area contributed by atoms with Crippen molar-refractivity contribution in [2.24, 2.45) is 5.92 Å². The summed E-state index contributed by atoms with van der Waals surface area (Å²) in [7, 11) is 0. The first-order chi connectivity index (χ1) is 14.1. The Morgan fingerprint density at radius 1 is 1.03 bits per heavy atom. The Morgan fingerprint density at radius 2 is 1.67 bits per heavy atom. The molecule has 2 nitrogen and oxygen atoms in total. The Balaban J connectivity index is 0.000000311. The van der Waals surface area contributed by atoms with Gasteiger partial charge in [0.2, 0.25) is 0 Å². The van der Waals surface area contributed by atoms with E-state index < -0.39 is 11.9 Å². The molecule has 0 aliphatic heterocycles. The molecule has 30 heavy (non-hydrogen) atoms. The summed E-state index contributed by atoms with van der Waals surface area (Å²) in [5.41, 5.74) is 1.59. The van der Waals surface area contributed by atoms with E-state index in [1.54, 1.807) is 12.1 Å². The molecule has 0 saturated carbocycles. The summed E-state index contributed by atoms with van der Waals surface area (Å²) in [4.78, 5) is 13.8. The summed E-state index contributed by atoms with van der Waals surface area (Å²) in [6.07, 6.45) is 3.82. The number of rotatable bonds is 8. The van der Waals surface area contributed by atoms with Crippen LogP contribution >= 0.6 is 0 Å². The maximum atomic E-state index is 13.2. The van der Waals surface area contributed by atoms with Crippen molar-refractivity contribution in [1.82, 2.24) is 4.98 Å². The fraction of sp³-hybridized carbons (Fsp3) is 0.500. The van der Waals surface area contributed by atoms with Crippen LogP contribution < -0.4 is 0 Å². The molecule has 0 N–H and O–H groups in total. The fourth-order valence-corrected chi connectivity index (χ4v) is 3.29. The maximum Gasteiger partial charge on any atom is 0.433 e. The molecule has 0 atom stereocenters. The predicted octanol–water partition coefficient (Wildman–Crippen LogP) is 7.59. The van der Waals surface area contributed by atoms with E-state index in [9.17, 15) is 22.4 Å². The third-order valence-corrected chi connectivity index (χ3v) is 4.99. The standard InChI is InChI=1S/C16H25F.C8H6F3NO/c1-4-6-14(7-5-2)9-10-15-12-16(17)11-8-13(15)3;1-5(13)6-2-3-7(12-4-6)8(9,10)11/h8,11-12,14H,4-7,9-10H2,1-3H3;2-4H,1H3. The van der Waals surface area contributed by atoms with Gasteiger partial charge in [0.25, 0.3) is 0 Å². The molecule has 0 aliphatic carbocycles.